The van der Waals surface area contributed by atoms with Gasteiger partial charge in [0.25, 0.3) is 0 Å². The Bertz CT molecular complexity index is 513. The molecule has 0 aliphatic carbocycles. The fourth-order valence-electron chi connectivity index (χ4n) is 2.39. The number of amides is 1. The first-order valence-corrected chi connectivity index (χ1v) is 7.26. The number of ether oxygens (including phenoxy) is 1. The highest BCUT2D eigenvalue weighted by Crippen LogP contribution is 2.23. The van der Waals surface area contributed by atoms with Gasteiger partial charge in [0.2, 0.25) is 0 Å². The van der Waals surface area contributed by atoms with Crippen molar-refractivity contribution in [2.45, 2.75) is 32.4 Å². The van der Waals surface area contributed by atoms with Gasteiger partial charge >= 0.3 is 12.1 Å². The fourth-order valence-corrected chi connectivity index (χ4v) is 2.39. The van der Waals surface area contributed by atoms with Crippen molar-refractivity contribution in [2.24, 2.45) is 0 Å². The third kappa shape index (κ3) is 4.00. The van der Waals surface area contributed by atoms with Gasteiger partial charge in [0.05, 0.1) is 6.26 Å². The van der Waals surface area contributed by atoms with E-state index in [-0.39, 0.29) is 6.09 Å². The van der Waals surface area contributed by atoms with Crippen LogP contribution in [0.4, 0.5) is 4.79 Å². The second-order valence-electron chi connectivity index (χ2n) is 6.26. The average Bonchev–Trinajstić information content (AvgIpc) is 2.91. The predicted molar refractivity (Wildman–Crippen MR) is 78.5 cm³/mol. The Balaban J connectivity index is 1.96. The summed E-state index contributed by atoms with van der Waals surface area (Å²) >= 11 is 0. The molecule has 1 aromatic heterocycles. The predicted octanol–water partition coefficient (Wildman–Crippen LogP) is 1.96. The Labute approximate surface area is 129 Å². The lowest BCUT2D eigenvalue weighted by Crippen LogP contribution is -2.51. The number of nitrogens with zero attached hydrogens (tertiary/aromatic N) is 2. The van der Waals surface area contributed by atoms with Crippen LogP contribution >= 0.6 is 0 Å². The summed E-state index contributed by atoms with van der Waals surface area (Å²) in [6, 6.07) is 2.50. The molecule has 1 saturated heterocycles. The quantitative estimate of drug-likeness (QED) is 0.919. The Hall–Kier alpha value is -2.02. The standard InChI is InChI=1S/C15H22N2O5/c1-15(2,3)22-14(20)17-8-6-16(7-9-17)12(13(18)19)11-5-4-10-21-11/h4-5,10,12H,6-9H2,1-3H3,(H,18,19). The van der Waals surface area contributed by atoms with Crippen molar-refractivity contribution in [1.82, 2.24) is 9.80 Å². The van der Waals surface area contributed by atoms with Crippen LogP contribution in [0.15, 0.2) is 22.8 Å². The molecule has 1 fully saturated rings. The van der Waals surface area contributed by atoms with Crippen LogP contribution in [-0.2, 0) is 9.53 Å². The summed E-state index contributed by atoms with van der Waals surface area (Å²) < 4.78 is 10.5. The highest BCUT2D eigenvalue weighted by Gasteiger charge is 2.34. The number of rotatable bonds is 3. The van der Waals surface area contributed by atoms with Gasteiger partial charge < -0.3 is 19.2 Å². The zero-order valence-corrected chi connectivity index (χ0v) is 13.1. The molecular weight excluding hydrogens is 288 g/mol. The second-order valence-corrected chi connectivity index (χ2v) is 6.26. The number of hydrogen-bond donors (Lipinski definition) is 1. The Kier molecular flexibility index (Phi) is 4.75. The van der Waals surface area contributed by atoms with Crippen LogP contribution in [0.3, 0.4) is 0 Å². The lowest BCUT2D eigenvalue weighted by atomic mass is 10.1. The molecule has 1 aliphatic rings. The summed E-state index contributed by atoms with van der Waals surface area (Å²) in [4.78, 5) is 26.9. The zero-order valence-electron chi connectivity index (χ0n) is 13.1. The summed E-state index contributed by atoms with van der Waals surface area (Å²) in [5, 5.41) is 9.42. The molecule has 1 aromatic rings. The number of carbonyl (C=O) groups excluding carboxylic acids is 1. The number of piperazine rings is 1. The minimum Gasteiger partial charge on any atom is -0.480 e. The van der Waals surface area contributed by atoms with E-state index >= 15 is 0 Å². The normalized spacial score (nSPS) is 18.0. The molecule has 22 heavy (non-hydrogen) atoms. The fraction of sp³-hybridized carbons (Fsp3) is 0.600. The number of furan rings is 1. The molecule has 0 radical (unpaired) electrons. The summed E-state index contributed by atoms with van der Waals surface area (Å²) in [6.07, 6.45) is 1.10. The number of carbonyl (C=O) groups is 2. The lowest BCUT2D eigenvalue weighted by Gasteiger charge is -2.37. The van der Waals surface area contributed by atoms with Gasteiger partial charge in [-0.1, -0.05) is 0 Å². The van der Waals surface area contributed by atoms with Gasteiger partial charge in [-0.3, -0.25) is 9.69 Å². The van der Waals surface area contributed by atoms with Gasteiger partial charge in [-0.05, 0) is 32.9 Å². The van der Waals surface area contributed by atoms with Gasteiger partial charge in [-0.2, -0.15) is 0 Å². The van der Waals surface area contributed by atoms with Crippen molar-refractivity contribution in [3.63, 3.8) is 0 Å². The van der Waals surface area contributed by atoms with Gasteiger partial charge in [-0.15, -0.1) is 0 Å². The Morgan fingerprint density at radius 3 is 2.36 bits per heavy atom. The summed E-state index contributed by atoms with van der Waals surface area (Å²) in [5.41, 5.74) is -0.536. The molecule has 0 bridgehead atoms. The number of carboxylic acid groups (broad SMARTS) is 1. The number of hydrogen-bond acceptors (Lipinski definition) is 5. The number of aliphatic carboxylic acids is 1. The highest BCUT2D eigenvalue weighted by atomic mass is 16.6. The van der Waals surface area contributed by atoms with E-state index in [4.69, 9.17) is 9.15 Å². The molecule has 1 atom stereocenters. The van der Waals surface area contributed by atoms with Crippen LogP contribution in [0, 0.1) is 0 Å². The Morgan fingerprint density at radius 2 is 1.91 bits per heavy atom. The maximum atomic E-state index is 12.0. The molecule has 1 unspecified atom stereocenters. The van der Waals surface area contributed by atoms with E-state index in [2.05, 4.69) is 0 Å². The van der Waals surface area contributed by atoms with Crippen molar-refractivity contribution in [1.29, 1.82) is 0 Å². The lowest BCUT2D eigenvalue weighted by molar-refractivity contribution is -0.145. The smallest absolute Gasteiger partial charge is 0.410 e. The molecule has 2 rings (SSSR count). The van der Waals surface area contributed by atoms with Gasteiger partial charge in [0, 0.05) is 26.2 Å². The molecule has 2 heterocycles. The van der Waals surface area contributed by atoms with Crippen LogP contribution < -0.4 is 0 Å². The zero-order chi connectivity index (χ0) is 16.3. The molecule has 7 nitrogen and oxygen atoms in total. The van der Waals surface area contributed by atoms with E-state index in [0.29, 0.717) is 31.9 Å². The third-order valence-corrected chi connectivity index (χ3v) is 3.38. The van der Waals surface area contributed by atoms with E-state index in [1.165, 1.54) is 6.26 Å². The number of carboxylic acids is 1. The van der Waals surface area contributed by atoms with Gasteiger partial charge in [0.15, 0.2) is 6.04 Å². The first-order valence-electron chi connectivity index (χ1n) is 7.26. The van der Waals surface area contributed by atoms with Crippen LogP contribution in [0.25, 0.3) is 0 Å². The van der Waals surface area contributed by atoms with Crippen molar-refractivity contribution in [3.8, 4) is 0 Å². The van der Waals surface area contributed by atoms with Crippen LogP contribution in [-0.4, -0.2) is 58.7 Å². The second kappa shape index (κ2) is 6.39. The molecule has 1 N–H and O–H groups in total. The van der Waals surface area contributed by atoms with Crippen LogP contribution in [0.5, 0.6) is 0 Å². The largest absolute Gasteiger partial charge is 0.480 e. The van der Waals surface area contributed by atoms with Crippen molar-refractivity contribution in [3.05, 3.63) is 24.2 Å². The average molecular weight is 310 g/mol. The van der Waals surface area contributed by atoms with E-state index in [1.54, 1.807) is 21.9 Å². The minimum atomic E-state index is -0.958. The third-order valence-electron chi connectivity index (χ3n) is 3.38. The van der Waals surface area contributed by atoms with Crippen LogP contribution in [0.1, 0.15) is 32.6 Å². The molecule has 122 valence electrons. The molecule has 0 spiro atoms. The van der Waals surface area contributed by atoms with Crippen molar-refractivity contribution in [2.75, 3.05) is 26.2 Å². The summed E-state index contributed by atoms with van der Waals surface area (Å²) in [5.74, 6) is -0.557. The monoisotopic (exact) mass is 310 g/mol. The minimum absolute atomic E-state index is 0.364. The maximum absolute atomic E-state index is 12.0. The summed E-state index contributed by atoms with van der Waals surface area (Å²) in [7, 11) is 0. The van der Waals surface area contributed by atoms with Crippen molar-refractivity contribution < 1.29 is 23.8 Å². The topological polar surface area (TPSA) is 83.2 Å². The van der Waals surface area contributed by atoms with Crippen LogP contribution in [0.2, 0.25) is 0 Å². The SMILES string of the molecule is CC(C)(C)OC(=O)N1CCN(C(C(=O)O)c2ccco2)CC1. The molecule has 0 saturated carbocycles. The molecule has 7 heteroatoms. The molecular formula is C15H22N2O5. The molecule has 1 aliphatic heterocycles. The van der Waals surface area contributed by atoms with E-state index in [1.807, 2.05) is 20.8 Å². The van der Waals surface area contributed by atoms with E-state index in [9.17, 15) is 14.7 Å². The molecule has 1 amide bonds. The van der Waals surface area contributed by atoms with E-state index in [0.717, 1.165) is 0 Å². The first kappa shape index (κ1) is 16.4. The highest BCUT2D eigenvalue weighted by molar-refractivity contribution is 5.74. The van der Waals surface area contributed by atoms with Gasteiger partial charge in [0.1, 0.15) is 11.4 Å². The van der Waals surface area contributed by atoms with Crippen molar-refractivity contribution >= 4 is 12.1 Å². The molecule has 0 aromatic carbocycles. The maximum Gasteiger partial charge on any atom is 0.410 e. The first-order chi connectivity index (χ1) is 10.3. The van der Waals surface area contributed by atoms with Gasteiger partial charge in [-0.25, -0.2) is 4.79 Å². The Morgan fingerprint density at radius 1 is 1.27 bits per heavy atom. The van der Waals surface area contributed by atoms with E-state index < -0.39 is 17.6 Å². The summed E-state index contributed by atoms with van der Waals surface area (Å²) in [6.45, 7) is 7.22.